The summed E-state index contributed by atoms with van der Waals surface area (Å²) < 4.78 is 1.86. The molecule has 1 amide bonds. The maximum atomic E-state index is 12.9. The first-order valence-electron chi connectivity index (χ1n) is 7.99. The maximum Gasteiger partial charge on any atom is 0.231 e. The van der Waals surface area contributed by atoms with Gasteiger partial charge < -0.3 is 0 Å². The van der Waals surface area contributed by atoms with Gasteiger partial charge in [0.15, 0.2) is 0 Å². The molecule has 0 saturated carbocycles. The number of nitrogens with zero attached hydrogens (tertiary/aromatic N) is 3. The number of para-hydroxylation sites is 2. The van der Waals surface area contributed by atoms with Gasteiger partial charge in [-0.05, 0) is 36.8 Å². The third-order valence-electron chi connectivity index (χ3n) is 4.02. The summed E-state index contributed by atoms with van der Waals surface area (Å²) in [6, 6.07) is 18.1. The number of fused-ring (bicyclic) bond motifs is 2. The molecule has 0 fully saturated rings. The van der Waals surface area contributed by atoms with Gasteiger partial charge in [0.05, 0.1) is 11.4 Å². The molecule has 0 bridgehead atoms. The van der Waals surface area contributed by atoms with Gasteiger partial charge in [0, 0.05) is 35.2 Å². The zero-order valence-electron chi connectivity index (χ0n) is 13.1. The molecule has 5 heteroatoms. The molecule has 4 nitrogen and oxygen atoms in total. The van der Waals surface area contributed by atoms with E-state index in [2.05, 4.69) is 17.2 Å². The molecule has 0 unspecified atom stereocenters. The Morgan fingerprint density at radius 2 is 1.62 bits per heavy atom. The zero-order valence-corrected chi connectivity index (χ0v) is 13.9. The van der Waals surface area contributed by atoms with E-state index in [9.17, 15) is 4.79 Å². The van der Waals surface area contributed by atoms with Gasteiger partial charge in [-0.1, -0.05) is 36.0 Å². The number of rotatable bonds is 4. The Labute approximate surface area is 145 Å². The number of hydrogen-bond acceptors (Lipinski definition) is 3. The lowest BCUT2D eigenvalue weighted by Gasteiger charge is -2.31. The number of hydrogen-bond donors (Lipinski definition) is 0. The summed E-state index contributed by atoms with van der Waals surface area (Å²) in [6.45, 7) is 0.755. The Morgan fingerprint density at radius 1 is 0.958 bits per heavy atom. The number of anilines is 2. The fourth-order valence-electron chi connectivity index (χ4n) is 2.91. The molecule has 0 saturated heterocycles. The number of aromatic nitrogens is 2. The van der Waals surface area contributed by atoms with Crippen LogP contribution in [0.1, 0.15) is 12.8 Å². The average molecular weight is 335 g/mol. The number of aryl methyl sites for hydroxylation is 1. The lowest BCUT2D eigenvalue weighted by Crippen LogP contribution is -2.28. The zero-order chi connectivity index (χ0) is 16.4. The van der Waals surface area contributed by atoms with Gasteiger partial charge in [-0.15, -0.1) is 0 Å². The van der Waals surface area contributed by atoms with E-state index in [0.29, 0.717) is 6.42 Å². The molecule has 0 spiro atoms. The van der Waals surface area contributed by atoms with Crippen molar-refractivity contribution in [2.24, 2.45) is 0 Å². The van der Waals surface area contributed by atoms with Gasteiger partial charge in [-0.25, -0.2) is 0 Å². The smallest absolute Gasteiger partial charge is 0.231 e. The molecule has 1 aliphatic rings. The minimum absolute atomic E-state index is 0.127. The van der Waals surface area contributed by atoms with Crippen LogP contribution in [0.2, 0.25) is 0 Å². The van der Waals surface area contributed by atoms with Crippen LogP contribution >= 0.6 is 11.8 Å². The molecule has 2 heterocycles. The first kappa shape index (κ1) is 15.0. The molecular formula is C19H17N3OS. The van der Waals surface area contributed by atoms with Crippen LogP contribution in [0, 0.1) is 0 Å². The van der Waals surface area contributed by atoms with Crippen LogP contribution in [-0.4, -0.2) is 15.7 Å². The molecule has 0 atom stereocenters. The number of benzene rings is 2. The second kappa shape index (κ2) is 6.53. The lowest BCUT2D eigenvalue weighted by atomic mass is 10.2. The molecule has 24 heavy (non-hydrogen) atoms. The highest BCUT2D eigenvalue weighted by Crippen LogP contribution is 2.48. The molecule has 1 aromatic heterocycles. The van der Waals surface area contributed by atoms with Crippen molar-refractivity contribution < 1.29 is 4.79 Å². The SMILES string of the molecule is O=C(CCCn1cccn1)N1c2ccccc2Sc2ccccc21. The predicted octanol–water partition coefficient (Wildman–Crippen LogP) is 4.49. The van der Waals surface area contributed by atoms with Crippen molar-refractivity contribution in [1.29, 1.82) is 0 Å². The van der Waals surface area contributed by atoms with Gasteiger partial charge in [-0.3, -0.25) is 14.4 Å². The van der Waals surface area contributed by atoms with Crippen molar-refractivity contribution in [2.75, 3.05) is 4.90 Å². The first-order chi connectivity index (χ1) is 11.8. The van der Waals surface area contributed by atoms with Crippen molar-refractivity contribution in [2.45, 2.75) is 29.2 Å². The van der Waals surface area contributed by atoms with Crippen molar-refractivity contribution >= 4 is 29.0 Å². The summed E-state index contributed by atoms with van der Waals surface area (Å²) >= 11 is 1.72. The number of carbonyl (C=O) groups excluding carboxylic acids is 1. The summed E-state index contributed by atoms with van der Waals surface area (Å²) in [7, 11) is 0. The molecule has 4 rings (SSSR count). The Morgan fingerprint density at radius 3 is 2.25 bits per heavy atom. The normalized spacial score (nSPS) is 12.6. The van der Waals surface area contributed by atoms with Crippen molar-refractivity contribution in [3.05, 3.63) is 67.0 Å². The number of amides is 1. The van der Waals surface area contributed by atoms with E-state index in [1.54, 1.807) is 18.0 Å². The Hall–Kier alpha value is -2.53. The molecule has 0 radical (unpaired) electrons. The molecule has 1 aliphatic heterocycles. The number of carbonyl (C=O) groups is 1. The van der Waals surface area contributed by atoms with E-state index in [-0.39, 0.29) is 5.91 Å². The molecule has 0 aliphatic carbocycles. The summed E-state index contributed by atoms with van der Waals surface area (Å²) in [5.41, 5.74) is 1.95. The van der Waals surface area contributed by atoms with Crippen molar-refractivity contribution in [3.63, 3.8) is 0 Å². The van der Waals surface area contributed by atoms with Crippen LogP contribution in [0.4, 0.5) is 11.4 Å². The fraction of sp³-hybridized carbons (Fsp3) is 0.158. The Bertz CT molecular complexity index is 815. The summed E-state index contributed by atoms with van der Waals surface area (Å²) in [6.07, 6.45) is 4.95. The van der Waals surface area contributed by atoms with E-state index in [4.69, 9.17) is 0 Å². The van der Waals surface area contributed by atoms with E-state index in [0.717, 1.165) is 34.1 Å². The topological polar surface area (TPSA) is 38.1 Å². The van der Waals surface area contributed by atoms with Crippen molar-refractivity contribution in [1.82, 2.24) is 9.78 Å². The summed E-state index contributed by atoms with van der Waals surface area (Å²) in [5, 5.41) is 4.19. The summed E-state index contributed by atoms with van der Waals surface area (Å²) in [4.78, 5) is 17.0. The second-order valence-corrected chi connectivity index (χ2v) is 6.72. The largest absolute Gasteiger partial charge is 0.279 e. The Balaban J connectivity index is 1.58. The van der Waals surface area contributed by atoms with Crippen LogP contribution < -0.4 is 4.90 Å². The third kappa shape index (κ3) is 2.83. The van der Waals surface area contributed by atoms with Crippen LogP contribution in [-0.2, 0) is 11.3 Å². The first-order valence-corrected chi connectivity index (χ1v) is 8.81. The highest BCUT2D eigenvalue weighted by Gasteiger charge is 2.27. The van der Waals surface area contributed by atoms with E-state index >= 15 is 0 Å². The van der Waals surface area contributed by atoms with Gasteiger partial charge in [0.1, 0.15) is 0 Å². The molecule has 120 valence electrons. The monoisotopic (exact) mass is 335 g/mol. The van der Waals surface area contributed by atoms with Gasteiger partial charge >= 0.3 is 0 Å². The fourth-order valence-corrected chi connectivity index (χ4v) is 3.97. The minimum atomic E-state index is 0.127. The van der Waals surface area contributed by atoms with E-state index in [1.165, 1.54) is 0 Å². The predicted molar refractivity (Wildman–Crippen MR) is 95.6 cm³/mol. The van der Waals surface area contributed by atoms with Gasteiger partial charge in [-0.2, -0.15) is 5.10 Å². The minimum Gasteiger partial charge on any atom is -0.279 e. The summed E-state index contributed by atoms with van der Waals surface area (Å²) in [5.74, 6) is 0.127. The van der Waals surface area contributed by atoms with Crippen LogP contribution in [0.15, 0.2) is 76.8 Å². The lowest BCUT2D eigenvalue weighted by molar-refractivity contribution is -0.118. The van der Waals surface area contributed by atoms with E-state index < -0.39 is 0 Å². The molecule has 3 aromatic rings. The maximum absolute atomic E-state index is 12.9. The van der Waals surface area contributed by atoms with Crippen molar-refractivity contribution in [3.8, 4) is 0 Å². The molecule has 0 N–H and O–H groups in total. The van der Waals surface area contributed by atoms with Crippen LogP contribution in [0.25, 0.3) is 0 Å². The quantitative estimate of drug-likeness (QED) is 0.705. The molecular weight excluding hydrogens is 318 g/mol. The second-order valence-electron chi connectivity index (χ2n) is 5.64. The highest BCUT2D eigenvalue weighted by atomic mass is 32.2. The van der Waals surface area contributed by atoms with Crippen LogP contribution in [0.3, 0.4) is 0 Å². The third-order valence-corrected chi connectivity index (χ3v) is 5.15. The standard InChI is InChI=1S/C19H17N3OS/c23-19(11-5-13-21-14-6-12-20-21)22-15-7-1-3-9-17(15)24-18-10-4-2-8-16(18)22/h1-4,6-10,12,14H,5,11,13H2. The molecule has 2 aromatic carbocycles. The van der Waals surface area contributed by atoms with Crippen LogP contribution in [0.5, 0.6) is 0 Å². The van der Waals surface area contributed by atoms with Gasteiger partial charge in [0.25, 0.3) is 0 Å². The average Bonchev–Trinajstić information content (AvgIpc) is 3.13. The van der Waals surface area contributed by atoms with E-state index in [1.807, 2.05) is 58.2 Å². The highest BCUT2D eigenvalue weighted by molar-refractivity contribution is 7.99. The Kier molecular flexibility index (Phi) is 4.09. The van der Waals surface area contributed by atoms with Gasteiger partial charge in [0.2, 0.25) is 5.91 Å².